The molecule has 88 valence electrons. The number of rotatable bonds is 7. The summed E-state index contributed by atoms with van der Waals surface area (Å²) >= 11 is 0. The number of hydrogen-bond donors (Lipinski definition) is 1. The molecule has 0 heterocycles. The molecule has 0 aliphatic carbocycles. The third-order valence-electron chi connectivity index (χ3n) is 2.52. The van der Waals surface area contributed by atoms with Gasteiger partial charge in [-0.1, -0.05) is 12.8 Å². The molecule has 0 saturated heterocycles. The molecule has 1 aromatic rings. The van der Waals surface area contributed by atoms with E-state index in [1.54, 1.807) is 0 Å². The lowest BCUT2D eigenvalue weighted by Gasteiger charge is -2.01. The predicted octanol–water partition coefficient (Wildman–Crippen LogP) is 2.92. The normalized spacial score (nSPS) is 10.4. The smallest absolute Gasteiger partial charge is 0.162 e. The summed E-state index contributed by atoms with van der Waals surface area (Å²) < 4.78 is 12.6. The van der Waals surface area contributed by atoms with Crippen molar-refractivity contribution in [2.24, 2.45) is 5.73 Å². The number of unbranched alkanes of at least 4 members (excludes halogenated alkanes) is 3. The van der Waals surface area contributed by atoms with Gasteiger partial charge in [-0.05, 0) is 43.7 Å². The number of benzene rings is 1. The third-order valence-corrected chi connectivity index (χ3v) is 2.52. The molecule has 0 aliphatic rings. The molecular formula is C13H18FNO. The third kappa shape index (κ3) is 4.53. The quantitative estimate of drug-likeness (QED) is 0.570. The zero-order valence-corrected chi connectivity index (χ0v) is 9.42. The summed E-state index contributed by atoms with van der Waals surface area (Å²) in [6, 6.07) is 5.72. The monoisotopic (exact) mass is 223 g/mol. The minimum Gasteiger partial charge on any atom is -0.330 e. The fraction of sp³-hybridized carbons (Fsp3) is 0.462. The zero-order chi connectivity index (χ0) is 11.8. The van der Waals surface area contributed by atoms with Gasteiger partial charge in [-0.15, -0.1) is 0 Å². The SMILES string of the molecule is NCCCCCCC(=O)c1ccc(F)cc1. The van der Waals surface area contributed by atoms with Crippen LogP contribution in [0.1, 0.15) is 42.5 Å². The van der Waals surface area contributed by atoms with E-state index in [0.29, 0.717) is 18.5 Å². The maximum absolute atomic E-state index is 12.6. The molecular weight excluding hydrogens is 205 g/mol. The van der Waals surface area contributed by atoms with Crippen LogP contribution in [0.5, 0.6) is 0 Å². The van der Waals surface area contributed by atoms with E-state index in [1.165, 1.54) is 24.3 Å². The van der Waals surface area contributed by atoms with Gasteiger partial charge in [0, 0.05) is 12.0 Å². The molecule has 0 bridgehead atoms. The number of Topliss-reactive ketones (excluding diaryl/α,β-unsaturated/α-hetero) is 1. The summed E-state index contributed by atoms with van der Waals surface area (Å²) in [7, 11) is 0. The molecule has 16 heavy (non-hydrogen) atoms. The van der Waals surface area contributed by atoms with Crippen LogP contribution in [0.4, 0.5) is 4.39 Å². The Morgan fingerprint density at radius 1 is 1.06 bits per heavy atom. The lowest BCUT2D eigenvalue weighted by molar-refractivity contribution is 0.0979. The van der Waals surface area contributed by atoms with Crippen LogP contribution in [0.2, 0.25) is 0 Å². The Hall–Kier alpha value is -1.22. The van der Waals surface area contributed by atoms with Crippen LogP contribution in [0.3, 0.4) is 0 Å². The van der Waals surface area contributed by atoms with Crippen molar-refractivity contribution >= 4 is 5.78 Å². The average Bonchev–Trinajstić information content (AvgIpc) is 2.29. The van der Waals surface area contributed by atoms with Crippen LogP contribution in [0, 0.1) is 5.82 Å². The summed E-state index contributed by atoms with van der Waals surface area (Å²) in [5.74, 6) is -0.216. The number of hydrogen-bond acceptors (Lipinski definition) is 2. The van der Waals surface area contributed by atoms with Gasteiger partial charge in [0.15, 0.2) is 5.78 Å². The molecule has 0 aliphatic heterocycles. The summed E-state index contributed by atoms with van der Waals surface area (Å²) in [5.41, 5.74) is 5.97. The molecule has 0 spiro atoms. The second-order valence-electron chi connectivity index (χ2n) is 3.88. The molecule has 0 aromatic heterocycles. The molecule has 0 saturated carbocycles. The Labute approximate surface area is 95.7 Å². The van der Waals surface area contributed by atoms with E-state index in [1.807, 2.05) is 0 Å². The Morgan fingerprint density at radius 2 is 1.69 bits per heavy atom. The van der Waals surface area contributed by atoms with E-state index in [4.69, 9.17) is 5.73 Å². The van der Waals surface area contributed by atoms with Gasteiger partial charge in [0.05, 0.1) is 0 Å². The van der Waals surface area contributed by atoms with Crippen molar-refractivity contribution in [1.29, 1.82) is 0 Å². The van der Waals surface area contributed by atoms with Crippen LogP contribution >= 0.6 is 0 Å². The zero-order valence-electron chi connectivity index (χ0n) is 9.42. The average molecular weight is 223 g/mol. The van der Waals surface area contributed by atoms with E-state index in [9.17, 15) is 9.18 Å². The molecule has 3 heteroatoms. The number of nitrogens with two attached hydrogens (primary N) is 1. The Morgan fingerprint density at radius 3 is 2.31 bits per heavy atom. The van der Waals surface area contributed by atoms with E-state index in [0.717, 1.165) is 25.7 Å². The van der Waals surface area contributed by atoms with Gasteiger partial charge in [-0.3, -0.25) is 4.79 Å². The molecule has 0 atom stereocenters. The topological polar surface area (TPSA) is 43.1 Å². The summed E-state index contributed by atoms with van der Waals surface area (Å²) in [6.07, 6.45) is 4.55. The van der Waals surface area contributed by atoms with Crippen LogP contribution in [0.15, 0.2) is 24.3 Å². The molecule has 2 N–H and O–H groups in total. The van der Waals surface area contributed by atoms with E-state index in [2.05, 4.69) is 0 Å². The molecule has 1 rings (SSSR count). The molecule has 0 radical (unpaired) electrons. The van der Waals surface area contributed by atoms with Gasteiger partial charge >= 0.3 is 0 Å². The first kappa shape index (κ1) is 12.8. The standard InChI is InChI=1S/C13H18FNO/c14-12-8-6-11(7-9-12)13(16)5-3-1-2-4-10-15/h6-9H,1-5,10,15H2. The van der Waals surface area contributed by atoms with Crippen LogP contribution < -0.4 is 5.73 Å². The fourth-order valence-electron chi connectivity index (χ4n) is 1.56. The predicted molar refractivity (Wildman–Crippen MR) is 62.9 cm³/mol. The minimum absolute atomic E-state index is 0.0905. The molecule has 0 fully saturated rings. The van der Waals surface area contributed by atoms with Gasteiger partial charge in [-0.2, -0.15) is 0 Å². The fourth-order valence-corrected chi connectivity index (χ4v) is 1.56. The van der Waals surface area contributed by atoms with Crippen molar-refractivity contribution < 1.29 is 9.18 Å². The van der Waals surface area contributed by atoms with E-state index in [-0.39, 0.29) is 11.6 Å². The van der Waals surface area contributed by atoms with Gasteiger partial charge in [0.25, 0.3) is 0 Å². The van der Waals surface area contributed by atoms with E-state index >= 15 is 0 Å². The highest BCUT2D eigenvalue weighted by Gasteiger charge is 2.04. The van der Waals surface area contributed by atoms with Crippen molar-refractivity contribution in [1.82, 2.24) is 0 Å². The lowest BCUT2D eigenvalue weighted by Crippen LogP contribution is -2.00. The second-order valence-corrected chi connectivity index (χ2v) is 3.88. The first-order valence-corrected chi connectivity index (χ1v) is 5.73. The number of ketones is 1. The highest BCUT2D eigenvalue weighted by molar-refractivity contribution is 5.95. The first-order chi connectivity index (χ1) is 7.74. The lowest BCUT2D eigenvalue weighted by atomic mass is 10.0. The van der Waals surface area contributed by atoms with Crippen LogP contribution in [-0.4, -0.2) is 12.3 Å². The Balaban J connectivity index is 2.27. The number of carbonyl (C=O) groups is 1. The van der Waals surface area contributed by atoms with Crippen molar-refractivity contribution in [3.63, 3.8) is 0 Å². The summed E-state index contributed by atoms with van der Waals surface area (Å²) in [5, 5.41) is 0. The van der Waals surface area contributed by atoms with E-state index < -0.39 is 0 Å². The molecule has 0 amide bonds. The Bertz CT molecular complexity index is 321. The second kappa shape index (κ2) is 7.12. The number of halogens is 1. The maximum atomic E-state index is 12.6. The van der Waals surface area contributed by atoms with Crippen molar-refractivity contribution in [3.8, 4) is 0 Å². The minimum atomic E-state index is -0.306. The highest BCUT2D eigenvalue weighted by atomic mass is 19.1. The first-order valence-electron chi connectivity index (χ1n) is 5.73. The molecule has 2 nitrogen and oxygen atoms in total. The van der Waals surface area contributed by atoms with Crippen molar-refractivity contribution in [3.05, 3.63) is 35.6 Å². The van der Waals surface area contributed by atoms with Gasteiger partial charge < -0.3 is 5.73 Å². The van der Waals surface area contributed by atoms with Gasteiger partial charge in [-0.25, -0.2) is 4.39 Å². The van der Waals surface area contributed by atoms with Crippen LogP contribution in [-0.2, 0) is 0 Å². The largest absolute Gasteiger partial charge is 0.330 e. The Kier molecular flexibility index (Phi) is 5.72. The summed E-state index contributed by atoms with van der Waals surface area (Å²) in [6.45, 7) is 0.714. The maximum Gasteiger partial charge on any atom is 0.162 e. The summed E-state index contributed by atoms with van der Waals surface area (Å²) in [4.78, 5) is 11.6. The number of carbonyl (C=O) groups excluding carboxylic acids is 1. The van der Waals surface area contributed by atoms with Crippen molar-refractivity contribution in [2.75, 3.05) is 6.54 Å². The molecule has 1 aromatic carbocycles. The van der Waals surface area contributed by atoms with Gasteiger partial charge in [0.1, 0.15) is 5.82 Å². The highest BCUT2D eigenvalue weighted by Crippen LogP contribution is 2.09. The van der Waals surface area contributed by atoms with Crippen molar-refractivity contribution in [2.45, 2.75) is 32.1 Å². The molecule has 0 unspecified atom stereocenters. The van der Waals surface area contributed by atoms with Crippen LogP contribution in [0.25, 0.3) is 0 Å². The van der Waals surface area contributed by atoms with Gasteiger partial charge in [0.2, 0.25) is 0 Å².